The lowest BCUT2D eigenvalue weighted by atomic mass is 9.97. The molecule has 2 atom stereocenters. The summed E-state index contributed by atoms with van der Waals surface area (Å²) in [5.41, 5.74) is 4.12. The van der Waals surface area contributed by atoms with E-state index in [9.17, 15) is 9.59 Å². The van der Waals surface area contributed by atoms with Gasteiger partial charge in [0, 0.05) is 17.8 Å². The molecule has 5 nitrogen and oxygen atoms in total. The molecular formula is C24H32N2O3. The molecule has 0 N–H and O–H groups in total. The molecule has 1 aliphatic heterocycles. The lowest BCUT2D eigenvalue weighted by molar-refractivity contribution is -0.137. The molecule has 1 aliphatic rings. The molecule has 156 valence electrons. The van der Waals surface area contributed by atoms with Crippen LogP contribution in [0.4, 0.5) is 0 Å². The molecule has 0 radical (unpaired) electrons. The van der Waals surface area contributed by atoms with Crippen LogP contribution in [0.2, 0.25) is 0 Å². The lowest BCUT2D eigenvalue weighted by Crippen LogP contribution is -2.48. The Morgan fingerprint density at radius 3 is 2.28 bits per heavy atom. The minimum Gasteiger partial charge on any atom is -0.462 e. The smallest absolute Gasteiger partial charge is 0.340 e. The van der Waals surface area contributed by atoms with E-state index in [1.807, 2.05) is 53.6 Å². The van der Waals surface area contributed by atoms with Gasteiger partial charge in [0.05, 0.1) is 17.9 Å². The van der Waals surface area contributed by atoms with Crippen molar-refractivity contribution >= 4 is 11.9 Å². The summed E-state index contributed by atoms with van der Waals surface area (Å²) < 4.78 is 7.29. The van der Waals surface area contributed by atoms with E-state index in [1.165, 1.54) is 0 Å². The van der Waals surface area contributed by atoms with Crippen molar-refractivity contribution in [3.05, 3.63) is 47.2 Å². The lowest BCUT2D eigenvalue weighted by Gasteiger charge is -2.39. The molecule has 0 aliphatic carbocycles. The number of carbonyl (C=O) groups excluding carboxylic acids is 2. The second-order valence-corrected chi connectivity index (χ2v) is 8.04. The van der Waals surface area contributed by atoms with Crippen molar-refractivity contribution in [2.75, 3.05) is 6.61 Å². The monoisotopic (exact) mass is 396 g/mol. The van der Waals surface area contributed by atoms with Gasteiger partial charge >= 0.3 is 5.97 Å². The highest BCUT2D eigenvalue weighted by molar-refractivity contribution is 5.95. The van der Waals surface area contributed by atoms with Crippen molar-refractivity contribution in [2.45, 2.75) is 72.5 Å². The summed E-state index contributed by atoms with van der Waals surface area (Å²) in [5, 5.41) is 0. The van der Waals surface area contributed by atoms with Crippen LogP contribution in [0.3, 0.4) is 0 Å². The Labute approximate surface area is 173 Å². The Kier molecular flexibility index (Phi) is 6.46. The number of benzene rings is 1. The van der Waals surface area contributed by atoms with Crippen LogP contribution in [-0.4, -0.2) is 40.0 Å². The minimum absolute atomic E-state index is 0.107. The van der Waals surface area contributed by atoms with Crippen LogP contribution in [0, 0.1) is 13.8 Å². The second kappa shape index (κ2) is 8.85. The van der Waals surface area contributed by atoms with E-state index in [0.29, 0.717) is 12.2 Å². The fraction of sp³-hybridized carbons (Fsp3) is 0.500. The van der Waals surface area contributed by atoms with Crippen molar-refractivity contribution in [3.8, 4) is 11.3 Å². The van der Waals surface area contributed by atoms with Crippen molar-refractivity contribution in [2.24, 2.45) is 0 Å². The van der Waals surface area contributed by atoms with Gasteiger partial charge in [-0.25, -0.2) is 4.79 Å². The van der Waals surface area contributed by atoms with E-state index in [0.717, 1.165) is 41.8 Å². The molecule has 0 unspecified atom stereocenters. The zero-order valence-corrected chi connectivity index (χ0v) is 18.2. The molecule has 2 heterocycles. The van der Waals surface area contributed by atoms with Gasteiger partial charge in [-0.05, 0) is 65.0 Å². The highest BCUT2D eigenvalue weighted by Crippen LogP contribution is 2.32. The van der Waals surface area contributed by atoms with Crippen LogP contribution in [-0.2, 0) is 16.1 Å². The number of likely N-dealkylation sites (tertiary alicyclic amines) is 1. The first-order chi connectivity index (χ1) is 13.9. The molecule has 5 heteroatoms. The maximum Gasteiger partial charge on any atom is 0.340 e. The van der Waals surface area contributed by atoms with Gasteiger partial charge in [0.2, 0.25) is 5.91 Å². The summed E-state index contributed by atoms with van der Waals surface area (Å²) in [6, 6.07) is 10.4. The summed E-state index contributed by atoms with van der Waals surface area (Å²) in [4.78, 5) is 28.0. The van der Waals surface area contributed by atoms with Gasteiger partial charge in [-0.2, -0.15) is 0 Å². The average Bonchev–Trinajstić information content (AvgIpc) is 2.92. The first kappa shape index (κ1) is 21.2. The molecule has 1 aromatic heterocycles. The molecule has 0 bridgehead atoms. The van der Waals surface area contributed by atoms with Crippen molar-refractivity contribution < 1.29 is 14.3 Å². The Hall–Kier alpha value is -2.56. The fourth-order valence-electron chi connectivity index (χ4n) is 4.69. The van der Waals surface area contributed by atoms with Crippen LogP contribution in [0.1, 0.15) is 61.6 Å². The number of nitrogens with zero attached hydrogens (tertiary/aromatic N) is 2. The van der Waals surface area contributed by atoms with Gasteiger partial charge in [-0.3, -0.25) is 4.79 Å². The molecule has 1 amide bonds. The second-order valence-electron chi connectivity index (χ2n) is 8.04. The Balaban J connectivity index is 2.06. The highest BCUT2D eigenvalue weighted by atomic mass is 16.5. The topological polar surface area (TPSA) is 51.5 Å². The number of rotatable bonds is 5. The van der Waals surface area contributed by atoms with Gasteiger partial charge in [0.1, 0.15) is 6.54 Å². The van der Waals surface area contributed by atoms with E-state index >= 15 is 0 Å². The Morgan fingerprint density at radius 1 is 1.07 bits per heavy atom. The number of piperidine rings is 1. The van der Waals surface area contributed by atoms with E-state index in [2.05, 4.69) is 13.8 Å². The molecule has 1 saturated heterocycles. The molecule has 3 rings (SSSR count). The number of carbonyl (C=O) groups is 2. The largest absolute Gasteiger partial charge is 0.462 e. The quantitative estimate of drug-likeness (QED) is 0.686. The minimum atomic E-state index is -0.328. The first-order valence-electron chi connectivity index (χ1n) is 10.6. The van der Waals surface area contributed by atoms with Gasteiger partial charge < -0.3 is 14.2 Å². The number of hydrogen-bond donors (Lipinski definition) is 0. The van der Waals surface area contributed by atoms with Crippen LogP contribution < -0.4 is 0 Å². The standard InChI is InChI=1S/C24H32N2O3/c1-6-29-24(28)22-18(4)23(20-13-8-7-9-14-20)25(19(22)5)15-21(27)26-16(2)11-10-12-17(26)3/h7-9,13-14,16-17H,6,10-12,15H2,1-5H3/t16-,17-/m1/s1. The molecule has 1 aromatic carbocycles. The molecule has 2 aromatic rings. The van der Waals surface area contributed by atoms with Crippen LogP contribution in [0.25, 0.3) is 11.3 Å². The van der Waals surface area contributed by atoms with Crippen LogP contribution in [0.5, 0.6) is 0 Å². The van der Waals surface area contributed by atoms with Gasteiger partial charge in [-0.15, -0.1) is 0 Å². The van der Waals surface area contributed by atoms with Gasteiger partial charge in [0.15, 0.2) is 0 Å². The average molecular weight is 397 g/mol. The van der Waals surface area contributed by atoms with E-state index in [4.69, 9.17) is 4.74 Å². The third-order valence-corrected chi connectivity index (χ3v) is 6.07. The fourth-order valence-corrected chi connectivity index (χ4v) is 4.69. The maximum absolute atomic E-state index is 13.3. The highest BCUT2D eigenvalue weighted by Gasteiger charge is 2.31. The summed E-state index contributed by atoms with van der Waals surface area (Å²) in [6.07, 6.45) is 3.24. The summed E-state index contributed by atoms with van der Waals surface area (Å²) in [5.74, 6) is -0.221. The van der Waals surface area contributed by atoms with Gasteiger partial charge in [0.25, 0.3) is 0 Å². The maximum atomic E-state index is 13.3. The van der Waals surface area contributed by atoms with Crippen LogP contribution in [0.15, 0.2) is 30.3 Å². The van der Waals surface area contributed by atoms with E-state index < -0.39 is 0 Å². The van der Waals surface area contributed by atoms with Crippen molar-refractivity contribution in [1.29, 1.82) is 0 Å². The normalized spacial score (nSPS) is 19.3. The zero-order valence-electron chi connectivity index (χ0n) is 18.2. The first-order valence-corrected chi connectivity index (χ1v) is 10.6. The SMILES string of the molecule is CCOC(=O)c1c(C)c(-c2ccccc2)n(CC(=O)N2[C@H](C)CCC[C@H]2C)c1C. The number of ether oxygens (including phenoxy) is 1. The number of aromatic nitrogens is 1. The molecular weight excluding hydrogens is 364 g/mol. The van der Waals surface area contributed by atoms with Crippen molar-refractivity contribution in [1.82, 2.24) is 9.47 Å². The number of hydrogen-bond acceptors (Lipinski definition) is 3. The van der Waals surface area contributed by atoms with E-state index in [-0.39, 0.29) is 30.5 Å². The van der Waals surface area contributed by atoms with Gasteiger partial charge in [-0.1, -0.05) is 30.3 Å². The molecule has 0 saturated carbocycles. The summed E-state index contributed by atoms with van der Waals surface area (Å²) in [7, 11) is 0. The van der Waals surface area contributed by atoms with Crippen LogP contribution >= 0.6 is 0 Å². The Bertz CT molecular complexity index is 875. The molecule has 1 fully saturated rings. The molecule has 29 heavy (non-hydrogen) atoms. The number of esters is 1. The van der Waals surface area contributed by atoms with Crippen molar-refractivity contribution in [3.63, 3.8) is 0 Å². The third-order valence-electron chi connectivity index (χ3n) is 6.07. The summed E-state index contributed by atoms with van der Waals surface area (Å²) in [6.45, 7) is 10.5. The predicted octanol–water partition coefficient (Wildman–Crippen LogP) is 4.74. The van der Waals surface area contributed by atoms with E-state index in [1.54, 1.807) is 6.92 Å². The zero-order chi connectivity index (χ0) is 21.1. The Morgan fingerprint density at radius 2 is 1.69 bits per heavy atom. The number of amides is 1. The summed E-state index contributed by atoms with van der Waals surface area (Å²) >= 11 is 0. The predicted molar refractivity (Wildman–Crippen MR) is 115 cm³/mol. The third kappa shape index (κ3) is 4.09. The molecule has 0 spiro atoms.